The summed E-state index contributed by atoms with van der Waals surface area (Å²) < 4.78 is 1.91. The number of aryl methyl sites for hydroxylation is 3. The number of halogens is 1. The van der Waals surface area contributed by atoms with Gasteiger partial charge in [0.05, 0.1) is 16.4 Å². The Bertz CT molecular complexity index is 559. The summed E-state index contributed by atoms with van der Waals surface area (Å²) in [6.07, 6.45) is 1.73. The molecule has 0 aromatic carbocycles. The largest absolute Gasteiger partial charge is 0.312 e. The molecule has 0 aliphatic heterocycles. The molecule has 0 amide bonds. The molecule has 0 saturated carbocycles. The summed E-state index contributed by atoms with van der Waals surface area (Å²) in [6, 6.07) is 4.63. The molecule has 0 spiro atoms. The van der Waals surface area contributed by atoms with Gasteiger partial charge in [0.15, 0.2) is 0 Å². The highest BCUT2D eigenvalue weighted by Crippen LogP contribution is 2.29. The first-order chi connectivity index (χ1) is 9.06. The van der Waals surface area contributed by atoms with E-state index >= 15 is 0 Å². The lowest BCUT2D eigenvalue weighted by Crippen LogP contribution is -2.19. The Morgan fingerprint density at radius 2 is 2.21 bits per heavy atom. The van der Waals surface area contributed by atoms with Gasteiger partial charge in [0.2, 0.25) is 0 Å². The summed E-state index contributed by atoms with van der Waals surface area (Å²) >= 11 is 8.24. The van der Waals surface area contributed by atoms with Crippen LogP contribution in [0, 0.1) is 6.92 Å². The third kappa shape index (κ3) is 3.02. The van der Waals surface area contributed by atoms with Gasteiger partial charge in [-0.15, -0.1) is 11.3 Å². The predicted molar refractivity (Wildman–Crippen MR) is 82.2 cm³/mol. The van der Waals surface area contributed by atoms with Gasteiger partial charge in [-0.3, -0.25) is 4.68 Å². The van der Waals surface area contributed by atoms with E-state index in [0.29, 0.717) is 0 Å². The summed E-state index contributed by atoms with van der Waals surface area (Å²) in [7, 11) is 3.96. The lowest BCUT2D eigenvalue weighted by Gasteiger charge is -2.15. The van der Waals surface area contributed by atoms with E-state index in [1.165, 1.54) is 9.75 Å². The maximum Gasteiger partial charge on any atom is 0.0850 e. The second-order valence-electron chi connectivity index (χ2n) is 4.68. The minimum Gasteiger partial charge on any atom is -0.312 e. The van der Waals surface area contributed by atoms with E-state index in [4.69, 9.17) is 11.6 Å². The van der Waals surface area contributed by atoms with Gasteiger partial charge in [-0.2, -0.15) is 5.10 Å². The molecule has 2 heterocycles. The Morgan fingerprint density at radius 3 is 2.68 bits per heavy atom. The molecule has 0 aliphatic carbocycles. The number of likely N-dealkylation sites (N-methyl/N-ethyl adjacent to an activating group) is 1. The standard InChI is InChI=1S/C14H20ClN3S/c1-5-10-14(15)12(18(4)17-10)8-11(16-3)13-7-6-9(2)19-13/h6-7,11,16H,5,8H2,1-4H3. The van der Waals surface area contributed by atoms with Crippen molar-refractivity contribution in [2.45, 2.75) is 32.7 Å². The second-order valence-corrected chi connectivity index (χ2v) is 6.38. The number of hydrogen-bond acceptors (Lipinski definition) is 3. The fourth-order valence-corrected chi connectivity index (χ4v) is 3.58. The smallest absolute Gasteiger partial charge is 0.0850 e. The van der Waals surface area contributed by atoms with E-state index in [1.54, 1.807) is 0 Å². The maximum absolute atomic E-state index is 6.42. The van der Waals surface area contributed by atoms with Gasteiger partial charge >= 0.3 is 0 Å². The van der Waals surface area contributed by atoms with Crippen LogP contribution in [0.15, 0.2) is 12.1 Å². The van der Waals surface area contributed by atoms with Crippen molar-refractivity contribution in [3.05, 3.63) is 38.3 Å². The van der Waals surface area contributed by atoms with Crippen molar-refractivity contribution in [3.8, 4) is 0 Å². The Hall–Kier alpha value is -0.840. The van der Waals surface area contributed by atoms with Crippen LogP contribution in [0.3, 0.4) is 0 Å². The molecule has 2 rings (SSSR count). The summed E-state index contributed by atoms with van der Waals surface area (Å²) in [5.41, 5.74) is 2.08. The van der Waals surface area contributed by atoms with Crippen molar-refractivity contribution >= 4 is 22.9 Å². The average molecular weight is 298 g/mol. The van der Waals surface area contributed by atoms with Gasteiger partial charge in [0.25, 0.3) is 0 Å². The van der Waals surface area contributed by atoms with Crippen LogP contribution in [0.1, 0.15) is 34.1 Å². The van der Waals surface area contributed by atoms with E-state index in [-0.39, 0.29) is 6.04 Å². The topological polar surface area (TPSA) is 29.9 Å². The summed E-state index contributed by atoms with van der Waals surface area (Å²) in [6.45, 7) is 4.21. The highest BCUT2D eigenvalue weighted by molar-refractivity contribution is 7.12. The average Bonchev–Trinajstić information content (AvgIpc) is 2.92. The van der Waals surface area contributed by atoms with Gasteiger partial charge in [-0.05, 0) is 32.5 Å². The zero-order chi connectivity index (χ0) is 14.0. The van der Waals surface area contributed by atoms with Crippen LogP contribution in [-0.2, 0) is 19.9 Å². The molecular formula is C14H20ClN3S. The zero-order valence-electron chi connectivity index (χ0n) is 11.8. The third-order valence-electron chi connectivity index (χ3n) is 3.35. The highest BCUT2D eigenvalue weighted by Gasteiger charge is 2.19. The van der Waals surface area contributed by atoms with Crippen LogP contribution in [0.25, 0.3) is 0 Å². The number of nitrogens with one attached hydrogen (secondary N) is 1. The van der Waals surface area contributed by atoms with Gasteiger partial charge in [-0.1, -0.05) is 18.5 Å². The van der Waals surface area contributed by atoms with Crippen molar-refractivity contribution in [1.29, 1.82) is 0 Å². The number of hydrogen-bond donors (Lipinski definition) is 1. The first kappa shape index (κ1) is 14.6. The Balaban J connectivity index is 2.26. The molecular weight excluding hydrogens is 278 g/mol. The number of rotatable bonds is 5. The van der Waals surface area contributed by atoms with E-state index < -0.39 is 0 Å². The Labute approximate surface area is 123 Å². The molecule has 104 valence electrons. The molecule has 2 aromatic rings. The molecule has 19 heavy (non-hydrogen) atoms. The van der Waals surface area contributed by atoms with Crippen molar-refractivity contribution in [2.24, 2.45) is 7.05 Å². The van der Waals surface area contributed by atoms with Crippen LogP contribution in [0.5, 0.6) is 0 Å². The molecule has 5 heteroatoms. The minimum absolute atomic E-state index is 0.288. The van der Waals surface area contributed by atoms with Crippen LogP contribution in [0.4, 0.5) is 0 Å². The fourth-order valence-electron chi connectivity index (χ4n) is 2.22. The summed E-state index contributed by atoms with van der Waals surface area (Å²) in [4.78, 5) is 2.68. The van der Waals surface area contributed by atoms with Crippen molar-refractivity contribution < 1.29 is 0 Å². The lowest BCUT2D eigenvalue weighted by molar-refractivity contribution is 0.569. The van der Waals surface area contributed by atoms with Gasteiger partial charge in [0, 0.05) is 29.3 Å². The van der Waals surface area contributed by atoms with Crippen LogP contribution < -0.4 is 5.32 Å². The quantitative estimate of drug-likeness (QED) is 0.915. The SMILES string of the molecule is CCc1nn(C)c(CC(NC)c2ccc(C)s2)c1Cl. The molecule has 2 aromatic heterocycles. The predicted octanol–water partition coefficient (Wildman–Crippen LogP) is 3.51. The zero-order valence-corrected chi connectivity index (χ0v) is 13.4. The molecule has 1 N–H and O–H groups in total. The summed E-state index contributed by atoms with van der Waals surface area (Å²) in [5, 5.41) is 8.67. The first-order valence-electron chi connectivity index (χ1n) is 6.50. The molecule has 0 bridgehead atoms. The van der Waals surface area contributed by atoms with Crippen LogP contribution >= 0.6 is 22.9 Å². The van der Waals surface area contributed by atoms with Crippen molar-refractivity contribution in [1.82, 2.24) is 15.1 Å². The van der Waals surface area contributed by atoms with Crippen molar-refractivity contribution in [2.75, 3.05) is 7.05 Å². The van der Waals surface area contributed by atoms with Gasteiger partial charge in [0.1, 0.15) is 0 Å². The molecule has 0 saturated heterocycles. The van der Waals surface area contributed by atoms with Gasteiger partial charge in [-0.25, -0.2) is 0 Å². The van der Waals surface area contributed by atoms with E-state index in [9.17, 15) is 0 Å². The first-order valence-corrected chi connectivity index (χ1v) is 7.70. The minimum atomic E-state index is 0.288. The third-order valence-corrected chi connectivity index (χ3v) is 4.90. The van der Waals surface area contributed by atoms with Crippen molar-refractivity contribution in [3.63, 3.8) is 0 Å². The van der Waals surface area contributed by atoms with Crippen LogP contribution in [-0.4, -0.2) is 16.8 Å². The maximum atomic E-state index is 6.42. The molecule has 0 aliphatic rings. The molecule has 3 nitrogen and oxygen atoms in total. The lowest BCUT2D eigenvalue weighted by atomic mass is 10.1. The molecule has 0 fully saturated rings. The molecule has 1 atom stereocenters. The van der Waals surface area contributed by atoms with E-state index in [2.05, 4.69) is 36.4 Å². The van der Waals surface area contributed by atoms with E-state index in [1.807, 2.05) is 30.1 Å². The molecule has 0 radical (unpaired) electrons. The van der Waals surface area contributed by atoms with Gasteiger partial charge < -0.3 is 5.32 Å². The number of aromatic nitrogens is 2. The monoisotopic (exact) mass is 297 g/mol. The Morgan fingerprint density at radius 1 is 1.47 bits per heavy atom. The normalized spacial score (nSPS) is 12.9. The fraction of sp³-hybridized carbons (Fsp3) is 0.500. The van der Waals surface area contributed by atoms with Crippen LogP contribution in [0.2, 0.25) is 5.02 Å². The highest BCUT2D eigenvalue weighted by atomic mass is 35.5. The number of nitrogens with zero attached hydrogens (tertiary/aromatic N) is 2. The summed E-state index contributed by atoms with van der Waals surface area (Å²) in [5.74, 6) is 0. The molecule has 1 unspecified atom stereocenters. The second kappa shape index (κ2) is 6.07. The number of thiophene rings is 1. The Kier molecular flexibility index (Phi) is 4.66. The van der Waals surface area contributed by atoms with E-state index in [0.717, 1.165) is 29.3 Å².